The largest absolute Gasteiger partial charge is 0.451 e. The van der Waals surface area contributed by atoms with Crippen LogP contribution in [0.2, 0.25) is 0 Å². The van der Waals surface area contributed by atoms with Crippen molar-refractivity contribution < 1.29 is 18.7 Å². The first kappa shape index (κ1) is 14.1. The molecule has 0 saturated carbocycles. The molecule has 2 aromatic rings. The summed E-state index contributed by atoms with van der Waals surface area (Å²) in [5.41, 5.74) is 0.728. The maximum Gasteiger partial charge on any atom is 0.290 e. The van der Waals surface area contributed by atoms with Crippen molar-refractivity contribution in [3.8, 4) is 0 Å². The minimum Gasteiger partial charge on any atom is -0.451 e. The van der Waals surface area contributed by atoms with Gasteiger partial charge in [-0.2, -0.15) is 0 Å². The van der Waals surface area contributed by atoms with Crippen LogP contribution < -0.4 is 0 Å². The molecule has 2 heterocycles. The molecule has 112 valence electrons. The highest BCUT2D eigenvalue weighted by Crippen LogP contribution is 2.25. The van der Waals surface area contributed by atoms with Gasteiger partial charge in [-0.25, -0.2) is 0 Å². The Labute approximate surface area is 123 Å². The molecule has 5 nitrogen and oxygen atoms in total. The molecule has 0 radical (unpaired) electrons. The summed E-state index contributed by atoms with van der Waals surface area (Å²) in [6.07, 6.45) is 0.842. The highest BCUT2D eigenvalue weighted by Gasteiger charge is 2.36. The fourth-order valence-electron chi connectivity index (χ4n) is 2.87. The zero-order chi connectivity index (χ0) is 14.8. The number of fused-ring (bicyclic) bond motifs is 1. The van der Waals surface area contributed by atoms with Crippen LogP contribution >= 0.6 is 0 Å². The number of ether oxygens (including phenoxy) is 2. The maximum absolute atomic E-state index is 12.7. The molecule has 5 heteroatoms. The molecule has 0 bridgehead atoms. The summed E-state index contributed by atoms with van der Waals surface area (Å²) >= 11 is 0. The number of para-hydroxylation sites is 1. The third-order valence-electron chi connectivity index (χ3n) is 3.97. The van der Waals surface area contributed by atoms with Crippen LogP contribution in [0.3, 0.4) is 0 Å². The first-order valence-electron chi connectivity index (χ1n) is 7.04. The maximum atomic E-state index is 12.7. The molecule has 1 aliphatic heterocycles. The molecule has 1 saturated heterocycles. The fraction of sp³-hybridized carbons (Fsp3) is 0.438. The van der Waals surface area contributed by atoms with E-state index in [-0.39, 0.29) is 18.1 Å². The van der Waals surface area contributed by atoms with Gasteiger partial charge in [-0.05, 0) is 18.6 Å². The molecule has 1 aromatic carbocycles. The van der Waals surface area contributed by atoms with Crippen LogP contribution in [0.5, 0.6) is 0 Å². The van der Waals surface area contributed by atoms with Gasteiger partial charge in [0.15, 0.2) is 5.76 Å². The van der Waals surface area contributed by atoms with E-state index in [0.717, 1.165) is 17.4 Å². The van der Waals surface area contributed by atoms with E-state index in [1.165, 1.54) is 0 Å². The van der Waals surface area contributed by atoms with Gasteiger partial charge in [0.1, 0.15) is 5.58 Å². The number of rotatable bonds is 4. The van der Waals surface area contributed by atoms with Gasteiger partial charge in [0.25, 0.3) is 5.91 Å². The lowest BCUT2D eigenvalue weighted by Crippen LogP contribution is -2.38. The number of hydrogen-bond acceptors (Lipinski definition) is 4. The first-order chi connectivity index (χ1) is 10.2. The highest BCUT2D eigenvalue weighted by atomic mass is 16.5. The third-order valence-corrected chi connectivity index (χ3v) is 3.97. The molecule has 0 aliphatic carbocycles. The Kier molecular flexibility index (Phi) is 3.94. The van der Waals surface area contributed by atoms with E-state index in [9.17, 15) is 4.79 Å². The van der Waals surface area contributed by atoms with Crippen molar-refractivity contribution in [3.05, 3.63) is 36.1 Å². The molecular formula is C16H19NO4. The average Bonchev–Trinajstić information content (AvgIpc) is 3.10. The van der Waals surface area contributed by atoms with E-state index >= 15 is 0 Å². The molecule has 1 aromatic heterocycles. The highest BCUT2D eigenvalue weighted by molar-refractivity contribution is 5.96. The standard InChI is InChI=1S/C16H19NO4/c1-19-10-12-8-13(20-2)9-17(12)16(18)15-7-11-5-3-4-6-14(11)21-15/h3-7,12-13H,8-10H2,1-2H3/t12-,13+/m0/s1. The van der Waals surface area contributed by atoms with Crippen molar-refractivity contribution in [2.45, 2.75) is 18.6 Å². The summed E-state index contributed by atoms with van der Waals surface area (Å²) < 4.78 is 16.3. The van der Waals surface area contributed by atoms with E-state index in [4.69, 9.17) is 13.9 Å². The Balaban J connectivity index is 1.85. The zero-order valence-electron chi connectivity index (χ0n) is 12.2. The van der Waals surface area contributed by atoms with Crippen molar-refractivity contribution in [1.29, 1.82) is 0 Å². The number of carbonyl (C=O) groups excluding carboxylic acids is 1. The van der Waals surface area contributed by atoms with Crippen LogP contribution in [0.25, 0.3) is 11.0 Å². The number of likely N-dealkylation sites (tertiary alicyclic amines) is 1. The molecule has 0 N–H and O–H groups in total. The van der Waals surface area contributed by atoms with Crippen LogP contribution in [-0.4, -0.2) is 50.3 Å². The number of methoxy groups -OCH3 is 2. The van der Waals surface area contributed by atoms with Gasteiger partial charge in [-0.15, -0.1) is 0 Å². The van der Waals surface area contributed by atoms with Crippen molar-refractivity contribution in [1.82, 2.24) is 4.90 Å². The Bertz CT molecular complexity index is 603. The third kappa shape index (κ3) is 2.66. The molecule has 1 fully saturated rings. The normalized spacial score (nSPS) is 22.1. The smallest absolute Gasteiger partial charge is 0.290 e. The Hall–Kier alpha value is -1.85. The molecular weight excluding hydrogens is 270 g/mol. The van der Waals surface area contributed by atoms with Crippen molar-refractivity contribution in [2.75, 3.05) is 27.4 Å². The number of hydrogen-bond donors (Lipinski definition) is 0. The second kappa shape index (κ2) is 5.87. The summed E-state index contributed by atoms with van der Waals surface area (Å²) in [6.45, 7) is 1.08. The van der Waals surface area contributed by atoms with Crippen LogP contribution in [0.4, 0.5) is 0 Å². The molecule has 1 aliphatic rings. The topological polar surface area (TPSA) is 51.9 Å². The minimum absolute atomic E-state index is 0.0284. The van der Waals surface area contributed by atoms with Crippen molar-refractivity contribution in [2.24, 2.45) is 0 Å². The zero-order valence-corrected chi connectivity index (χ0v) is 12.2. The van der Waals surface area contributed by atoms with Gasteiger partial charge in [0.2, 0.25) is 0 Å². The van der Waals surface area contributed by atoms with Gasteiger partial charge < -0.3 is 18.8 Å². The fourth-order valence-corrected chi connectivity index (χ4v) is 2.87. The predicted molar refractivity (Wildman–Crippen MR) is 78.3 cm³/mol. The summed E-state index contributed by atoms with van der Waals surface area (Å²) in [5.74, 6) is 0.266. The molecule has 0 unspecified atom stereocenters. The average molecular weight is 289 g/mol. The van der Waals surface area contributed by atoms with Crippen LogP contribution in [-0.2, 0) is 9.47 Å². The Morgan fingerprint density at radius 3 is 2.90 bits per heavy atom. The number of carbonyl (C=O) groups is 1. The van der Waals surface area contributed by atoms with Crippen LogP contribution in [0.1, 0.15) is 17.0 Å². The van der Waals surface area contributed by atoms with E-state index in [2.05, 4.69) is 0 Å². The van der Waals surface area contributed by atoms with E-state index in [0.29, 0.717) is 18.9 Å². The number of amides is 1. The molecule has 0 spiro atoms. The lowest BCUT2D eigenvalue weighted by molar-refractivity contribution is 0.0584. The minimum atomic E-state index is -0.104. The number of furan rings is 1. The Morgan fingerprint density at radius 1 is 1.38 bits per heavy atom. The first-order valence-corrected chi connectivity index (χ1v) is 7.04. The number of nitrogens with zero attached hydrogens (tertiary/aromatic N) is 1. The summed E-state index contributed by atoms with van der Waals surface area (Å²) in [5, 5.41) is 0.937. The van der Waals surface area contributed by atoms with E-state index in [1.807, 2.05) is 24.3 Å². The second-order valence-corrected chi connectivity index (χ2v) is 5.31. The van der Waals surface area contributed by atoms with Gasteiger partial charge >= 0.3 is 0 Å². The van der Waals surface area contributed by atoms with Crippen LogP contribution in [0.15, 0.2) is 34.7 Å². The molecule has 21 heavy (non-hydrogen) atoms. The van der Waals surface area contributed by atoms with Gasteiger partial charge in [-0.1, -0.05) is 18.2 Å². The van der Waals surface area contributed by atoms with Gasteiger partial charge in [0, 0.05) is 26.2 Å². The van der Waals surface area contributed by atoms with E-state index < -0.39 is 0 Å². The lowest BCUT2D eigenvalue weighted by Gasteiger charge is -2.22. The number of benzene rings is 1. The predicted octanol–water partition coefficient (Wildman–Crippen LogP) is 2.31. The summed E-state index contributed by atoms with van der Waals surface area (Å²) in [4.78, 5) is 14.5. The lowest BCUT2D eigenvalue weighted by atomic mass is 10.2. The second-order valence-electron chi connectivity index (χ2n) is 5.31. The molecule has 1 amide bonds. The van der Waals surface area contributed by atoms with Gasteiger partial charge in [0.05, 0.1) is 18.8 Å². The Morgan fingerprint density at radius 2 is 2.19 bits per heavy atom. The monoisotopic (exact) mass is 289 g/mol. The molecule has 3 rings (SSSR count). The molecule has 2 atom stereocenters. The summed E-state index contributed by atoms with van der Waals surface area (Å²) in [6, 6.07) is 9.44. The van der Waals surface area contributed by atoms with Gasteiger partial charge in [-0.3, -0.25) is 4.79 Å². The van der Waals surface area contributed by atoms with Crippen molar-refractivity contribution >= 4 is 16.9 Å². The SMILES string of the molecule is COC[C@@H]1C[C@@H](OC)CN1C(=O)c1cc2ccccc2o1. The summed E-state index contributed by atoms with van der Waals surface area (Å²) in [7, 11) is 3.31. The quantitative estimate of drug-likeness (QED) is 0.866. The van der Waals surface area contributed by atoms with Crippen molar-refractivity contribution in [3.63, 3.8) is 0 Å². The van der Waals surface area contributed by atoms with E-state index in [1.54, 1.807) is 25.2 Å². The van der Waals surface area contributed by atoms with Crippen LogP contribution in [0, 0.1) is 0 Å².